The van der Waals surface area contributed by atoms with E-state index >= 15 is 0 Å². The molecule has 0 saturated carbocycles. The summed E-state index contributed by atoms with van der Waals surface area (Å²) in [5, 5.41) is 3.65. The van der Waals surface area contributed by atoms with Crippen molar-refractivity contribution in [1.29, 1.82) is 0 Å². The van der Waals surface area contributed by atoms with Crippen molar-refractivity contribution in [3.05, 3.63) is 51.3 Å². The smallest absolute Gasteiger partial charge is 0.287 e. The summed E-state index contributed by atoms with van der Waals surface area (Å²) >= 11 is 9.51. The number of benzene rings is 1. The molecule has 1 aromatic heterocycles. The average molecular weight is 454 g/mol. The normalized spacial score (nSPS) is 24.8. The monoisotopic (exact) mass is 452 g/mol. The van der Waals surface area contributed by atoms with E-state index in [1.54, 1.807) is 24.3 Å². The van der Waals surface area contributed by atoms with Gasteiger partial charge < -0.3 is 19.4 Å². The summed E-state index contributed by atoms with van der Waals surface area (Å²) in [5.74, 6) is 1.32. The first-order valence-electron chi connectivity index (χ1n) is 9.19. The number of piperidine rings is 1. The van der Waals surface area contributed by atoms with Crippen molar-refractivity contribution < 1.29 is 13.9 Å². The molecule has 2 atom stereocenters. The highest BCUT2D eigenvalue weighted by atomic mass is 79.9. The molecule has 5 nitrogen and oxygen atoms in total. The molecule has 2 aromatic rings. The zero-order valence-electron chi connectivity index (χ0n) is 15.1. The Labute approximate surface area is 172 Å². The summed E-state index contributed by atoms with van der Waals surface area (Å²) in [5.41, 5.74) is 0. The molecule has 144 valence electrons. The Balaban J connectivity index is 1.33. The standard InChI is InChI=1S/C20H22BrClN2O3/c1-24-14-3-4-15(24)10-13(9-14)23-20(25)19-7-5-16(27-19)11-26-18-6-2-12(21)8-17(18)22/h2,5-8,13-15H,3-4,9-11H2,1H3,(H,23,25). The summed E-state index contributed by atoms with van der Waals surface area (Å²) < 4.78 is 12.2. The molecule has 2 bridgehead atoms. The number of fused-ring (bicyclic) bond motifs is 2. The number of amides is 1. The molecular formula is C20H22BrClN2O3. The van der Waals surface area contributed by atoms with Crippen LogP contribution in [-0.4, -0.2) is 36.0 Å². The van der Waals surface area contributed by atoms with Gasteiger partial charge in [0.05, 0.1) is 5.02 Å². The minimum absolute atomic E-state index is 0.156. The zero-order valence-corrected chi connectivity index (χ0v) is 17.4. The van der Waals surface area contributed by atoms with E-state index in [9.17, 15) is 4.79 Å². The van der Waals surface area contributed by atoms with Crippen LogP contribution in [0.5, 0.6) is 5.75 Å². The number of carbonyl (C=O) groups excluding carboxylic acids is 1. The van der Waals surface area contributed by atoms with Crippen LogP contribution < -0.4 is 10.1 Å². The maximum atomic E-state index is 12.5. The summed E-state index contributed by atoms with van der Waals surface area (Å²) in [6.07, 6.45) is 4.48. The Bertz CT molecular complexity index is 826. The van der Waals surface area contributed by atoms with Crippen molar-refractivity contribution in [3.8, 4) is 5.75 Å². The van der Waals surface area contributed by atoms with E-state index in [4.69, 9.17) is 20.8 Å². The SMILES string of the molecule is CN1C2CCC1CC(NC(=O)c1ccc(COc3ccc(Br)cc3Cl)o1)C2. The molecule has 2 saturated heterocycles. The Morgan fingerprint density at radius 2 is 2.04 bits per heavy atom. The maximum absolute atomic E-state index is 12.5. The second-order valence-corrected chi connectivity index (χ2v) is 8.64. The van der Waals surface area contributed by atoms with Crippen LogP contribution in [0.1, 0.15) is 42.0 Å². The number of nitrogens with one attached hydrogen (secondary N) is 1. The van der Waals surface area contributed by atoms with Gasteiger partial charge in [-0.3, -0.25) is 4.79 Å². The molecule has 1 aromatic carbocycles. The third-order valence-corrected chi connectivity index (χ3v) is 6.37. The Hall–Kier alpha value is -1.50. The highest BCUT2D eigenvalue weighted by Crippen LogP contribution is 2.34. The predicted molar refractivity (Wildman–Crippen MR) is 107 cm³/mol. The molecule has 27 heavy (non-hydrogen) atoms. The fraction of sp³-hybridized carbons (Fsp3) is 0.450. The van der Waals surface area contributed by atoms with Gasteiger partial charge in [0.1, 0.15) is 18.1 Å². The quantitative estimate of drug-likeness (QED) is 0.717. The van der Waals surface area contributed by atoms with E-state index in [1.165, 1.54) is 12.8 Å². The van der Waals surface area contributed by atoms with Gasteiger partial charge in [-0.1, -0.05) is 27.5 Å². The molecule has 0 spiro atoms. The lowest BCUT2D eigenvalue weighted by Gasteiger charge is -2.36. The van der Waals surface area contributed by atoms with E-state index in [0.717, 1.165) is 17.3 Å². The van der Waals surface area contributed by atoms with Crippen LogP contribution in [0.4, 0.5) is 0 Å². The molecule has 1 N–H and O–H groups in total. The molecular weight excluding hydrogens is 432 g/mol. The van der Waals surface area contributed by atoms with Gasteiger partial charge in [0.25, 0.3) is 5.91 Å². The molecule has 0 aliphatic carbocycles. The second kappa shape index (κ2) is 7.86. The first kappa shape index (κ1) is 18.8. The van der Waals surface area contributed by atoms with Gasteiger partial charge in [0.2, 0.25) is 0 Å². The maximum Gasteiger partial charge on any atom is 0.287 e. The molecule has 1 amide bonds. The Morgan fingerprint density at radius 3 is 2.74 bits per heavy atom. The van der Waals surface area contributed by atoms with Crippen LogP contribution in [0.2, 0.25) is 5.02 Å². The lowest BCUT2D eigenvalue weighted by atomic mass is 9.98. The van der Waals surface area contributed by atoms with E-state index in [0.29, 0.717) is 34.4 Å². The summed E-state index contributed by atoms with van der Waals surface area (Å²) in [7, 11) is 2.19. The third kappa shape index (κ3) is 4.18. The van der Waals surface area contributed by atoms with Gasteiger partial charge in [0.15, 0.2) is 5.76 Å². The largest absolute Gasteiger partial charge is 0.484 e. The van der Waals surface area contributed by atoms with Crippen molar-refractivity contribution in [2.24, 2.45) is 0 Å². The Kier molecular flexibility index (Phi) is 5.48. The van der Waals surface area contributed by atoms with Crippen LogP contribution in [0, 0.1) is 0 Å². The number of hydrogen-bond donors (Lipinski definition) is 1. The molecule has 3 heterocycles. The van der Waals surface area contributed by atoms with Gasteiger partial charge >= 0.3 is 0 Å². The van der Waals surface area contributed by atoms with Gasteiger partial charge in [-0.2, -0.15) is 0 Å². The van der Waals surface area contributed by atoms with Crippen LogP contribution in [0.15, 0.2) is 39.2 Å². The number of ether oxygens (including phenoxy) is 1. The van der Waals surface area contributed by atoms with Gasteiger partial charge in [-0.25, -0.2) is 0 Å². The number of rotatable bonds is 5. The average Bonchev–Trinajstić information content (AvgIpc) is 3.16. The van der Waals surface area contributed by atoms with Crippen LogP contribution in [-0.2, 0) is 6.61 Å². The number of hydrogen-bond acceptors (Lipinski definition) is 4. The second-order valence-electron chi connectivity index (χ2n) is 7.32. The third-order valence-electron chi connectivity index (χ3n) is 5.58. The first-order valence-corrected chi connectivity index (χ1v) is 10.4. The molecule has 2 unspecified atom stereocenters. The van der Waals surface area contributed by atoms with Crippen molar-refractivity contribution >= 4 is 33.4 Å². The number of halogens is 2. The fourth-order valence-electron chi connectivity index (χ4n) is 4.10. The molecule has 2 aliphatic rings. The molecule has 4 rings (SSSR count). The summed E-state index contributed by atoms with van der Waals surface area (Å²) in [6, 6.07) is 10.3. The van der Waals surface area contributed by atoms with Gasteiger partial charge in [0, 0.05) is 22.6 Å². The van der Waals surface area contributed by atoms with Crippen LogP contribution in [0.3, 0.4) is 0 Å². The van der Waals surface area contributed by atoms with E-state index < -0.39 is 0 Å². The highest BCUT2D eigenvalue weighted by Gasteiger charge is 2.39. The highest BCUT2D eigenvalue weighted by molar-refractivity contribution is 9.10. The number of furan rings is 1. The zero-order chi connectivity index (χ0) is 19.0. The summed E-state index contributed by atoms with van der Waals surface area (Å²) in [4.78, 5) is 15.0. The van der Waals surface area contributed by atoms with Crippen LogP contribution >= 0.6 is 27.5 Å². The lowest BCUT2D eigenvalue weighted by Crippen LogP contribution is -2.48. The van der Waals surface area contributed by atoms with Crippen molar-refractivity contribution in [2.45, 2.75) is 50.4 Å². The minimum Gasteiger partial charge on any atom is -0.484 e. The van der Waals surface area contributed by atoms with Crippen molar-refractivity contribution in [3.63, 3.8) is 0 Å². The molecule has 0 radical (unpaired) electrons. The van der Waals surface area contributed by atoms with Crippen molar-refractivity contribution in [2.75, 3.05) is 7.05 Å². The lowest BCUT2D eigenvalue weighted by molar-refractivity contribution is 0.0851. The summed E-state index contributed by atoms with van der Waals surface area (Å²) in [6.45, 7) is 0.215. The molecule has 7 heteroatoms. The number of carbonyl (C=O) groups is 1. The molecule has 2 fully saturated rings. The van der Waals surface area contributed by atoms with Gasteiger partial charge in [-0.15, -0.1) is 0 Å². The number of nitrogens with zero attached hydrogens (tertiary/aromatic N) is 1. The van der Waals surface area contributed by atoms with E-state index in [1.807, 2.05) is 6.07 Å². The topological polar surface area (TPSA) is 54.7 Å². The van der Waals surface area contributed by atoms with E-state index in [2.05, 4.69) is 33.2 Å². The Morgan fingerprint density at radius 1 is 1.30 bits per heavy atom. The predicted octanol–water partition coefficient (Wildman–Crippen LogP) is 4.63. The fourth-order valence-corrected chi connectivity index (χ4v) is 4.83. The molecule has 2 aliphatic heterocycles. The minimum atomic E-state index is -0.156. The first-order chi connectivity index (χ1) is 13.0. The van der Waals surface area contributed by atoms with Gasteiger partial charge in [-0.05, 0) is 63.1 Å². The van der Waals surface area contributed by atoms with Crippen molar-refractivity contribution in [1.82, 2.24) is 10.2 Å². The van der Waals surface area contributed by atoms with Crippen LogP contribution in [0.25, 0.3) is 0 Å². The van der Waals surface area contributed by atoms with E-state index in [-0.39, 0.29) is 18.6 Å².